The van der Waals surface area contributed by atoms with Gasteiger partial charge in [-0.05, 0) is 38.3 Å². The van der Waals surface area contributed by atoms with Crippen LogP contribution in [0.2, 0.25) is 0 Å². The van der Waals surface area contributed by atoms with Gasteiger partial charge in [0.25, 0.3) is 0 Å². The van der Waals surface area contributed by atoms with Crippen LogP contribution >= 0.6 is 0 Å². The van der Waals surface area contributed by atoms with Gasteiger partial charge in [-0.2, -0.15) is 0 Å². The molecule has 1 aromatic carbocycles. The first-order valence-corrected chi connectivity index (χ1v) is 9.18. The first-order chi connectivity index (χ1) is 10.9. The highest BCUT2D eigenvalue weighted by atomic mass is 16.5. The second-order valence-electron chi connectivity index (χ2n) is 6.72. The van der Waals surface area contributed by atoms with E-state index in [1.165, 1.54) is 24.8 Å². The van der Waals surface area contributed by atoms with E-state index in [9.17, 15) is 0 Å². The summed E-state index contributed by atoms with van der Waals surface area (Å²) in [6.07, 6.45) is 4.22. The molecule has 2 nitrogen and oxygen atoms in total. The van der Waals surface area contributed by atoms with Gasteiger partial charge in [0, 0.05) is 5.56 Å². The molecule has 0 aromatic heterocycles. The van der Waals surface area contributed by atoms with Crippen molar-refractivity contribution in [2.24, 2.45) is 10.9 Å². The van der Waals surface area contributed by atoms with Crippen molar-refractivity contribution in [3.05, 3.63) is 35.4 Å². The summed E-state index contributed by atoms with van der Waals surface area (Å²) in [5.41, 5.74) is 2.25. The molecule has 1 heterocycles. The van der Waals surface area contributed by atoms with E-state index in [-0.39, 0.29) is 5.54 Å². The lowest BCUT2D eigenvalue weighted by Gasteiger charge is -2.07. The Labute approximate surface area is 144 Å². The molecular formula is C21H37NO. The summed E-state index contributed by atoms with van der Waals surface area (Å²) >= 11 is 0. The third-order valence-electron chi connectivity index (χ3n) is 3.21. The van der Waals surface area contributed by atoms with E-state index in [2.05, 4.69) is 58.7 Å². The molecule has 1 aliphatic heterocycles. The number of aryl methyl sites for hydroxylation is 1. The van der Waals surface area contributed by atoms with Crippen molar-refractivity contribution in [1.29, 1.82) is 0 Å². The quantitative estimate of drug-likeness (QED) is 0.586. The normalized spacial score (nSPS) is 17.1. The average Bonchev–Trinajstić information content (AvgIpc) is 3.21. The number of hydrogen-bond donors (Lipinski definition) is 0. The summed E-state index contributed by atoms with van der Waals surface area (Å²) in [4.78, 5) is 4.55. The van der Waals surface area contributed by atoms with Crippen LogP contribution in [0.15, 0.2) is 29.3 Å². The molecule has 132 valence electrons. The minimum Gasteiger partial charge on any atom is -0.475 e. The second kappa shape index (κ2) is 11.3. The molecule has 2 heteroatoms. The molecule has 1 aromatic rings. The lowest BCUT2D eigenvalue weighted by atomic mass is 10.1. The van der Waals surface area contributed by atoms with Crippen LogP contribution in [0.5, 0.6) is 0 Å². The van der Waals surface area contributed by atoms with Crippen molar-refractivity contribution in [3.8, 4) is 0 Å². The van der Waals surface area contributed by atoms with Crippen molar-refractivity contribution >= 4 is 5.90 Å². The van der Waals surface area contributed by atoms with Crippen LogP contribution in [0.4, 0.5) is 0 Å². The lowest BCUT2D eigenvalue weighted by Crippen LogP contribution is -2.17. The lowest BCUT2D eigenvalue weighted by molar-refractivity contribution is 0.279. The van der Waals surface area contributed by atoms with Crippen LogP contribution in [0.3, 0.4) is 0 Å². The number of benzene rings is 1. The van der Waals surface area contributed by atoms with Crippen LogP contribution in [0, 0.1) is 12.8 Å². The van der Waals surface area contributed by atoms with Gasteiger partial charge in [0.1, 0.15) is 6.61 Å². The van der Waals surface area contributed by atoms with E-state index >= 15 is 0 Å². The Balaban J connectivity index is 0.000000445. The molecule has 23 heavy (non-hydrogen) atoms. The maximum atomic E-state index is 5.59. The maximum Gasteiger partial charge on any atom is 0.217 e. The summed E-state index contributed by atoms with van der Waals surface area (Å²) < 4.78 is 5.59. The van der Waals surface area contributed by atoms with Crippen molar-refractivity contribution in [1.82, 2.24) is 0 Å². The van der Waals surface area contributed by atoms with E-state index in [4.69, 9.17) is 4.74 Å². The Bertz CT molecular complexity index is 459. The fraction of sp³-hybridized carbons (Fsp3) is 0.667. The molecule has 0 unspecified atom stereocenters. The van der Waals surface area contributed by atoms with E-state index in [1.807, 2.05) is 26.0 Å². The molecule has 0 bridgehead atoms. The minimum atomic E-state index is -0.0718. The summed E-state index contributed by atoms with van der Waals surface area (Å²) in [6, 6.07) is 8.17. The van der Waals surface area contributed by atoms with Gasteiger partial charge in [-0.1, -0.05) is 72.1 Å². The van der Waals surface area contributed by atoms with Crippen LogP contribution in [0.25, 0.3) is 0 Å². The van der Waals surface area contributed by atoms with Crippen LogP contribution in [-0.2, 0) is 4.74 Å². The summed E-state index contributed by atoms with van der Waals surface area (Å²) in [5, 5.41) is 0. The highest BCUT2D eigenvalue weighted by molar-refractivity contribution is 5.96. The second-order valence-corrected chi connectivity index (χ2v) is 6.72. The molecule has 0 radical (unpaired) electrons. The third-order valence-corrected chi connectivity index (χ3v) is 3.21. The SMILES string of the molecule is CC.CC1CC1.CCC.Cc1ccccc1C1=NC(C)(C)CO1. The first-order valence-electron chi connectivity index (χ1n) is 9.18. The van der Waals surface area contributed by atoms with Crippen molar-refractivity contribution in [2.45, 2.75) is 80.2 Å². The third kappa shape index (κ3) is 9.43. The minimum absolute atomic E-state index is 0.0718. The van der Waals surface area contributed by atoms with Gasteiger partial charge in [0.15, 0.2) is 0 Å². The smallest absolute Gasteiger partial charge is 0.217 e. The number of rotatable bonds is 1. The van der Waals surface area contributed by atoms with E-state index < -0.39 is 0 Å². The molecule has 0 saturated heterocycles. The van der Waals surface area contributed by atoms with Crippen LogP contribution in [-0.4, -0.2) is 18.0 Å². The summed E-state index contributed by atoms with van der Waals surface area (Å²) in [6.45, 7) is 17.4. The Kier molecular flexibility index (Phi) is 10.6. The molecule has 0 spiro atoms. The molecule has 0 atom stereocenters. The van der Waals surface area contributed by atoms with Gasteiger partial charge in [-0.3, -0.25) is 0 Å². The monoisotopic (exact) mass is 319 g/mol. The first kappa shape index (κ1) is 21.7. The zero-order valence-corrected chi connectivity index (χ0v) is 16.6. The Morgan fingerprint density at radius 2 is 1.61 bits per heavy atom. The molecule has 0 amide bonds. The largest absolute Gasteiger partial charge is 0.475 e. The van der Waals surface area contributed by atoms with Crippen LogP contribution < -0.4 is 0 Å². The van der Waals surface area contributed by atoms with Crippen LogP contribution in [0.1, 0.15) is 78.9 Å². The van der Waals surface area contributed by atoms with Gasteiger partial charge in [0.05, 0.1) is 5.54 Å². The summed E-state index contributed by atoms with van der Waals surface area (Å²) in [5.74, 6) is 1.87. The molecule has 3 rings (SSSR count). The maximum absolute atomic E-state index is 5.59. The van der Waals surface area contributed by atoms with Crippen molar-refractivity contribution in [2.75, 3.05) is 6.61 Å². The number of hydrogen-bond acceptors (Lipinski definition) is 2. The van der Waals surface area contributed by atoms with Gasteiger partial charge in [-0.25, -0.2) is 4.99 Å². The van der Waals surface area contributed by atoms with Gasteiger partial charge in [0.2, 0.25) is 5.90 Å². The van der Waals surface area contributed by atoms with Crippen molar-refractivity contribution in [3.63, 3.8) is 0 Å². The Morgan fingerprint density at radius 1 is 1.13 bits per heavy atom. The van der Waals surface area contributed by atoms with E-state index in [1.54, 1.807) is 0 Å². The molecule has 1 saturated carbocycles. The topological polar surface area (TPSA) is 21.6 Å². The highest BCUT2D eigenvalue weighted by Crippen LogP contribution is 2.26. The van der Waals surface area contributed by atoms with Gasteiger partial charge in [-0.15, -0.1) is 0 Å². The predicted octanol–water partition coefficient (Wildman–Crippen LogP) is 6.41. The van der Waals surface area contributed by atoms with E-state index in [0.717, 1.165) is 17.4 Å². The Morgan fingerprint density at radius 3 is 1.96 bits per heavy atom. The van der Waals surface area contributed by atoms with Gasteiger partial charge >= 0.3 is 0 Å². The van der Waals surface area contributed by atoms with E-state index in [0.29, 0.717) is 6.61 Å². The molecule has 2 aliphatic rings. The summed E-state index contributed by atoms with van der Waals surface area (Å²) in [7, 11) is 0. The molecular weight excluding hydrogens is 282 g/mol. The predicted molar refractivity (Wildman–Crippen MR) is 103 cm³/mol. The molecule has 1 aliphatic carbocycles. The zero-order chi connectivity index (χ0) is 17.9. The standard InChI is InChI=1S/C12H15NO.C4H8.C3H8.C2H6/c1-9-6-4-5-7-10(9)11-13-12(2,3)8-14-11;1-4-2-3-4;1-3-2;1-2/h4-7H,8H2,1-3H3;4H,2-3H2,1H3;3H2,1-2H3;1-2H3. The molecule has 0 N–H and O–H groups in total. The van der Waals surface area contributed by atoms with Gasteiger partial charge < -0.3 is 4.74 Å². The molecule has 1 fully saturated rings. The number of aliphatic imine (C=N–C) groups is 1. The zero-order valence-electron chi connectivity index (χ0n) is 16.6. The number of ether oxygens (including phenoxy) is 1. The number of nitrogens with zero attached hydrogens (tertiary/aromatic N) is 1. The highest BCUT2D eigenvalue weighted by Gasteiger charge is 2.27. The van der Waals surface area contributed by atoms with Crippen molar-refractivity contribution < 1.29 is 4.74 Å². The fourth-order valence-corrected chi connectivity index (χ4v) is 1.70. The average molecular weight is 320 g/mol. The Hall–Kier alpha value is -1.31. The fourth-order valence-electron chi connectivity index (χ4n) is 1.70.